The maximum absolute atomic E-state index is 11.9. The third kappa shape index (κ3) is 1.75. The van der Waals surface area contributed by atoms with Crippen molar-refractivity contribution in [3.8, 4) is 0 Å². The quantitative estimate of drug-likeness (QED) is 0.581. The fourth-order valence-electron chi connectivity index (χ4n) is 2.08. The molecule has 86 valence electrons. The van der Waals surface area contributed by atoms with Crippen LogP contribution in [0.3, 0.4) is 0 Å². The number of nitrogens with one attached hydrogen (secondary N) is 1. The van der Waals surface area contributed by atoms with Gasteiger partial charge in [0.2, 0.25) is 0 Å². The molecular weight excluding hydrogens is 222 g/mol. The lowest BCUT2D eigenvalue weighted by molar-refractivity contribution is -0.136. The minimum absolute atomic E-state index is 0.00116. The van der Waals surface area contributed by atoms with Crippen molar-refractivity contribution in [3.63, 3.8) is 0 Å². The molecule has 0 amide bonds. The molecule has 0 radical (unpaired) electrons. The maximum atomic E-state index is 11.9. The first-order chi connectivity index (χ1) is 7.03. The maximum Gasteiger partial charge on any atom is 0.323 e. The van der Waals surface area contributed by atoms with Gasteiger partial charge in [0.1, 0.15) is 5.25 Å². The first kappa shape index (κ1) is 10.8. The number of carboxylic acids is 1. The van der Waals surface area contributed by atoms with Crippen molar-refractivity contribution in [1.29, 1.82) is 0 Å². The number of hydrogen-bond acceptors (Lipinski definition) is 5. The van der Waals surface area contributed by atoms with Crippen molar-refractivity contribution >= 4 is 15.8 Å². The standard InChI is InChI=1S/C8H13NO5S/c10-8(11)6-3-9-5-1-2-14-4-7(5)15(6,12)13/h5-7,9H,1-4H2,(H,10,11). The second-order valence-corrected chi connectivity index (χ2v) is 6.19. The molecule has 2 rings (SSSR count). The van der Waals surface area contributed by atoms with Crippen LogP contribution in [0.5, 0.6) is 0 Å². The van der Waals surface area contributed by atoms with Crippen LogP contribution in [0.2, 0.25) is 0 Å². The van der Waals surface area contributed by atoms with Crippen LogP contribution in [0.4, 0.5) is 0 Å². The molecule has 2 aliphatic rings. The van der Waals surface area contributed by atoms with E-state index in [1.807, 2.05) is 0 Å². The van der Waals surface area contributed by atoms with Gasteiger partial charge in [-0.3, -0.25) is 4.79 Å². The second-order valence-electron chi connectivity index (χ2n) is 3.83. The first-order valence-electron chi connectivity index (χ1n) is 4.80. The van der Waals surface area contributed by atoms with Gasteiger partial charge in [0.15, 0.2) is 15.1 Å². The number of fused-ring (bicyclic) bond motifs is 1. The van der Waals surface area contributed by atoms with Crippen LogP contribution >= 0.6 is 0 Å². The molecule has 3 unspecified atom stereocenters. The monoisotopic (exact) mass is 235 g/mol. The lowest BCUT2D eigenvalue weighted by Gasteiger charge is -2.38. The minimum atomic E-state index is -3.61. The van der Waals surface area contributed by atoms with Crippen molar-refractivity contribution in [2.24, 2.45) is 0 Å². The molecule has 2 heterocycles. The highest BCUT2D eigenvalue weighted by molar-refractivity contribution is 7.93. The molecule has 2 fully saturated rings. The van der Waals surface area contributed by atoms with E-state index in [9.17, 15) is 13.2 Å². The van der Waals surface area contributed by atoms with Crippen molar-refractivity contribution in [3.05, 3.63) is 0 Å². The Morgan fingerprint density at radius 3 is 2.87 bits per heavy atom. The number of hydrogen-bond donors (Lipinski definition) is 2. The van der Waals surface area contributed by atoms with Crippen LogP contribution in [0.1, 0.15) is 6.42 Å². The van der Waals surface area contributed by atoms with E-state index in [0.717, 1.165) is 0 Å². The minimum Gasteiger partial charge on any atom is -0.480 e. The molecule has 2 saturated heterocycles. The summed E-state index contributed by atoms with van der Waals surface area (Å²) in [5, 5.41) is 9.73. The number of rotatable bonds is 1. The van der Waals surface area contributed by atoms with Crippen molar-refractivity contribution < 1.29 is 23.1 Å². The summed E-state index contributed by atoms with van der Waals surface area (Å²) >= 11 is 0. The molecule has 3 atom stereocenters. The Balaban J connectivity index is 2.28. The van der Waals surface area contributed by atoms with E-state index in [1.165, 1.54) is 0 Å². The van der Waals surface area contributed by atoms with Gasteiger partial charge in [0, 0.05) is 19.2 Å². The van der Waals surface area contributed by atoms with Gasteiger partial charge in [-0.1, -0.05) is 0 Å². The summed E-state index contributed by atoms with van der Waals surface area (Å²) < 4.78 is 28.9. The molecular formula is C8H13NO5S. The molecule has 0 bridgehead atoms. The van der Waals surface area contributed by atoms with E-state index in [1.54, 1.807) is 0 Å². The predicted molar refractivity (Wildman–Crippen MR) is 51.4 cm³/mol. The molecule has 2 aliphatic heterocycles. The summed E-state index contributed by atoms with van der Waals surface area (Å²) in [5.74, 6) is -1.29. The Morgan fingerprint density at radius 1 is 1.47 bits per heavy atom. The van der Waals surface area contributed by atoms with E-state index in [0.29, 0.717) is 13.0 Å². The Morgan fingerprint density at radius 2 is 2.20 bits per heavy atom. The SMILES string of the molecule is O=C(O)C1CNC2CCOCC2S1(=O)=O. The highest BCUT2D eigenvalue weighted by atomic mass is 32.2. The van der Waals surface area contributed by atoms with Crippen LogP contribution < -0.4 is 5.32 Å². The molecule has 7 heteroatoms. The fraction of sp³-hybridized carbons (Fsp3) is 0.875. The Labute approximate surface area is 87.5 Å². The third-order valence-corrected chi connectivity index (χ3v) is 5.43. The highest BCUT2D eigenvalue weighted by Crippen LogP contribution is 2.23. The van der Waals surface area contributed by atoms with Crippen LogP contribution in [0, 0.1) is 0 Å². The Bertz CT molecular complexity index is 365. The number of sulfone groups is 1. The summed E-state index contributed by atoms with van der Waals surface area (Å²) in [6, 6.07) is -0.153. The van der Waals surface area contributed by atoms with E-state index in [-0.39, 0.29) is 19.2 Å². The number of ether oxygens (including phenoxy) is 1. The van der Waals surface area contributed by atoms with Gasteiger partial charge in [0.05, 0.1) is 6.61 Å². The summed E-state index contributed by atoms with van der Waals surface area (Å²) in [6.07, 6.45) is 0.621. The smallest absolute Gasteiger partial charge is 0.323 e. The number of carboxylic acid groups (broad SMARTS) is 1. The van der Waals surface area contributed by atoms with Gasteiger partial charge in [-0.2, -0.15) is 0 Å². The van der Waals surface area contributed by atoms with Crippen LogP contribution in [-0.2, 0) is 19.4 Å². The summed E-state index contributed by atoms with van der Waals surface area (Å²) in [4.78, 5) is 10.8. The Hall–Kier alpha value is -0.660. The van der Waals surface area contributed by atoms with E-state index >= 15 is 0 Å². The average Bonchev–Trinajstić information content (AvgIpc) is 2.17. The van der Waals surface area contributed by atoms with Gasteiger partial charge in [-0.25, -0.2) is 8.42 Å². The predicted octanol–water partition coefficient (Wildman–Crippen LogP) is -1.38. The molecule has 0 aliphatic carbocycles. The highest BCUT2D eigenvalue weighted by Gasteiger charge is 2.47. The zero-order valence-corrected chi connectivity index (χ0v) is 8.87. The van der Waals surface area contributed by atoms with Gasteiger partial charge in [-0.05, 0) is 6.42 Å². The van der Waals surface area contributed by atoms with Gasteiger partial charge in [0.25, 0.3) is 0 Å². The van der Waals surface area contributed by atoms with Gasteiger partial charge < -0.3 is 15.2 Å². The van der Waals surface area contributed by atoms with Crippen LogP contribution in [0.15, 0.2) is 0 Å². The van der Waals surface area contributed by atoms with Crippen molar-refractivity contribution in [1.82, 2.24) is 5.32 Å². The largest absolute Gasteiger partial charge is 0.480 e. The normalized spacial score (nSPS) is 39.3. The van der Waals surface area contributed by atoms with Crippen molar-refractivity contribution in [2.45, 2.75) is 23.0 Å². The van der Waals surface area contributed by atoms with Crippen LogP contribution in [0.25, 0.3) is 0 Å². The zero-order chi connectivity index (χ0) is 11.1. The molecule has 0 aromatic heterocycles. The molecule has 15 heavy (non-hydrogen) atoms. The average molecular weight is 235 g/mol. The lowest BCUT2D eigenvalue weighted by Crippen LogP contribution is -2.62. The molecule has 0 aromatic carbocycles. The molecule has 0 saturated carbocycles. The molecule has 2 N–H and O–H groups in total. The number of carbonyl (C=O) groups is 1. The summed E-state index contributed by atoms with van der Waals surface area (Å²) in [7, 11) is -3.61. The van der Waals surface area contributed by atoms with Gasteiger partial charge in [-0.15, -0.1) is 0 Å². The zero-order valence-electron chi connectivity index (χ0n) is 8.05. The van der Waals surface area contributed by atoms with Crippen LogP contribution in [-0.4, -0.2) is 55.8 Å². The fourth-order valence-corrected chi connectivity index (χ4v) is 4.09. The van der Waals surface area contributed by atoms with E-state index in [4.69, 9.17) is 9.84 Å². The molecule has 0 spiro atoms. The van der Waals surface area contributed by atoms with E-state index < -0.39 is 26.3 Å². The first-order valence-corrected chi connectivity index (χ1v) is 6.41. The lowest BCUT2D eigenvalue weighted by atomic mass is 10.1. The van der Waals surface area contributed by atoms with Gasteiger partial charge >= 0.3 is 5.97 Å². The Kier molecular flexibility index (Phi) is 2.70. The molecule has 6 nitrogen and oxygen atoms in total. The van der Waals surface area contributed by atoms with Crippen molar-refractivity contribution in [2.75, 3.05) is 19.8 Å². The molecule has 0 aromatic rings. The number of aliphatic carboxylic acids is 1. The summed E-state index contributed by atoms with van der Waals surface area (Å²) in [5.41, 5.74) is 0. The summed E-state index contributed by atoms with van der Waals surface area (Å²) in [6.45, 7) is 0.629. The topological polar surface area (TPSA) is 92.7 Å². The second kappa shape index (κ2) is 3.73. The third-order valence-electron chi connectivity index (χ3n) is 2.96. The van der Waals surface area contributed by atoms with E-state index in [2.05, 4.69) is 5.32 Å².